The Balaban J connectivity index is 1.56. The minimum atomic E-state index is 0.0380. The summed E-state index contributed by atoms with van der Waals surface area (Å²) in [4.78, 5) is 22.9. The van der Waals surface area contributed by atoms with Gasteiger partial charge in [0.05, 0.1) is 0 Å². The number of hydrogen-bond donors (Lipinski definition) is 0. The van der Waals surface area contributed by atoms with Gasteiger partial charge in [0.2, 0.25) is 5.89 Å². The second-order valence-corrected chi connectivity index (χ2v) is 5.84. The SMILES string of the molecule is Cc1nc(CCC2CCN(C(=O)c3ncccc3C)C2)no1. The first kappa shape index (κ1) is 14.7. The number of carbonyl (C=O) groups excluding carboxylic acids is 1. The van der Waals surface area contributed by atoms with E-state index in [0.717, 1.165) is 43.7 Å². The van der Waals surface area contributed by atoms with Gasteiger partial charge in [-0.15, -0.1) is 0 Å². The van der Waals surface area contributed by atoms with E-state index in [-0.39, 0.29) is 5.91 Å². The molecular formula is C16H20N4O2. The van der Waals surface area contributed by atoms with E-state index in [1.165, 1.54) is 0 Å². The smallest absolute Gasteiger partial charge is 0.272 e. The van der Waals surface area contributed by atoms with Gasteiger partial charge in [0, 0.05) is 32.6 Å². The molecule has 6 nitrogen and oxygen atoms in total. The number of hydrogen-bond acceptors (Lipinski definition) is 5. The molecule has 1 atom stereocenters. The summed E-state index contributed by atoms with van der Waals surface area (Å²) < 4.78 is 4.98. The predicted octanol–water partition coefficient (Wildman–Crippen LogP) is 2.18. The second-order valence-electron chi connectivity index (χ2n) is 5.84. The van der Waals surface area contributed by atoms with Crippen LogP contribution in [0.15, 0.2) is 22.9 Å². The average molecular weight is 300 g/mol. The first-order valence-corrected chi connectivity index (χ1v) is 7.63. The van der Waals surface area contributed by atoms with Crippen LogP contribution in [0.4, 0.5) is 0 Å². The lowest BCUT2D eigenvalue weighted by atomic mass is 10.0. The largest absolute Gasteiger partial charge is 0.340 e. The number of aromatic nitrogens is 3. The highest BCUT2D eigenvalue weighted by molar-refractivity contribution is 5.93. The van der Waals surface area contributed by atoms with Crippen molar-refractivity contribution in [2.45, 2.75) is 33.1 Å². The quantitative estimate of drug-likeness (QED) is 0.865. The van der Waals surface area contributed by atoms with Gasteiger partial charge in [-0.1, -0.05) is 11.2 Å². The monoisotopic (exact) mass is 300 g/mol. The fourth-order valence-corrected chi connectivity index (χ4v) is 2.89. The van der Waals surface area contributed by atoms with Gasteiger partial charge in [0.15, 0.2) is 5.82 Å². The Labute approximate surface area is 129 Å². The van der Waals surface area contributed by atoms with Crippen LogP contribution in [0.25, 0.3) is 0 Å². The number of aryl methyl sites for hydroxylation is 3. The van der Waals surface area contributed by atoms with Crippen LogP contribution in [0.3, 0.4) is 0 Å². The lowest BCUT2D eigenvalue weighted by Gasteiger charge is -2.16. The van der Waals surface area contributed by atoms with Gasteiger partial charge in [-0.05, 0) is 37.3 Å². The third-order valence-corrected chi connectivity index (χ3v) is 4.13. The highest BCUT2D eigenvalue weighted by Crippen LogP contribution is 2.23. The van der Waals surface area contributed by atoms with Crippen LogP contribution in [0.2, 0.25) is 0 Å². The lowest BCUT2D eigenvalue weighted by molar-refractivity contribution is 0.0780. The van der Waals surface area contributed by atoms with Crippen LogP contribution in [0.5, 0.6) is 0 Å². The molecule has 1 saturated heterocycles. The summed E-state index contributed by atoms with van der Waals surface area (Å²) in [5.74, 6) is 1.88. The summed E-state index contributed by atoms with van der Waals surface area (Å²) in [5, 5.41) is 3.91. The Morgan fingerprint density at radius 2 is 2.32 bits per heavy atom. The molecule has 0 spiro atoms. The van der Waals surface area contributed by atoms with Crippen LogP contribution in [-0.4, -0.2) is 39.0 Å². The fourth-order valence-electron chi connectivity index (χ4n) is 2.89. The highest BCUT2D eigenvalue weighted by Gasteiger charge is 2.28. The molecule has 1 aliphatic heterocycles. The van der Waals surface area contributed by atoms with Crippen molar-refractivity contribution in [3.8, 4) is 0 Å². The first-order valence-electron chi connectivity index (χ1n) is 7.63. The van der Waals surface area contributed by atoms with E-state index < -0.39 is 0 Å². The summed E-state index contributed by atoms with van der Waals surface area (Å²) in [5.41, 5.74) is 1.50. The zero-order valence-corrected chi connectivity index (χ0v) is 13.0. The number of likely N-dealkylation sites (tertiary alicyclic amines) is 1. The molecule has 0 saturated carbocycles. The molecule has 0 N–H and O–H groups in total. The molecule has 3 rings (SSSR count). The Bertz CT molecular complexity index is 668. The Morgan fingerprint density at radius 1 is 1.45 bits per heavy atom. The normalized spacial score (nSPS) is 17.9. The van der Waals surface area contributed by atoms with E-state index in [2.05, 4.69) is 15.1 Å². The van der Waals surface area contributed by atoms with Crippen LogP contribution < -0.4 is 0 Å². The van der Waals surface area contributed by atoms with Gasteiger partial charge in [-0.3, -0.25) is 9.78 Å². The van der Waals surface area contributed by atoms with Crippen LogP contribution >= 0.6 is 0 Å². The van der Waals surface area contributed by atoms with Gasteiger partial charge in [0.25, 0.3) is 5.91 Å². The number of rotatable bonds is 4. The zero-order valence-electron chi connectivity index (χ0n) is 13.0. The number of nitrogens with zero attached hydrogens (tertiary/aromatic N) is 4. The van der Waals surface area contributed by atoms with Gasteiger partial charge >= 0.3 is 0 Å². The van der Waals surface area contributed by atoms with Crippen molar-refractivity contribution in [3.63, 3.8) is 0 Å². The fraction of sp³-hybridized carbons (Fsp3) is 0.500. The molecule has 1 amide bonds. The summed E-state index contributed by atoms with van der Waals surface area (Å²) in [6.07, 6.45) is 4.47. The maximum atomic E-state index is 12.5. The molecule has 6 heteroatoms. The summed E-state index contributed by atoms with van der Waals surface area (Å²) in [7, 11) is 0. The van der Waals surface area contributed by atoms with Crippen molar-refractivity contribution in [3.05, 3.63) is 41.3 Å². The van der Waals surface area contributed by atoms with E-state index in [1.54, 1.807) is 13.1 Å². The maximum absolute atomic E-state index is 12.5. The molecule has 2 aromatic rings. The molecule has 0 aromatic carbocycles. The van der Waals surface area contributed by atoms with E-state index in [0.29, 0.717) is 17.5 Å². The lowest BCUT2D eigenvalue weighted by Crippen LogP contribution is -2.30. The molecule has 3 heterocycles. The Morgan fingerprint density at radius 3 is 3.05 bits per heavy atom. The molecule has 2 aromatic heterocycles. The Hall–Kier alpha value is -2.24. The van der Waals surface area contributed by atoms with Crippen molar-refractivity contribution in [1.29, 1.82) is 0 Å². The number of carbonyl (C=O) groups is 1. The molecule has 0 bridgehead atoms. The van der Waals surface area contributed by atoms with E-state index in [1.807, 2.05) is 24.0 Å². The van der Waals surface area contributed by atoms with Crippen LogP contribution in [-0.2, 0) is 6.42 Å². The van der Waals surface area contributed by atoms with Gasteiger partial charge in [-0.2, -0.15) is 4.98 Å². The molecule has 22 heavy (non-hydrogen) atoms. The van der Waals surface area contributed by atoms with Crippen molar-refractivity contribution >= 4 is 5.91 Å². The van der Waals surface area contributed by atoms with Gasteiger partial charge < -0.3 is 9.42 Å². The zero-order chi connectivity index (χ0) is 15.5. The maximum Gasteiger partial charge on any atom is 0.272 e. The summed E-state index contributed by atoms with van der Waals surface area (Å²) >= 11 is 0. The third-order valence-electron chi connectivity index (χ3n) is 4.13. The van der Waals surface area contributed by atoms with E-state index in [4.69, 9.17) is 4.52 Å². The predicted molar refractivity (Wildman–Crippen MR) is 80.3 cm³/mol. The Kier molecular flexibility index (Phi) is 4.18. The molecule has 1 unspecified atom stereocenters. The third kappa shape index (κ3) is 3.16. The van der Waals surface area contributed by atoms with Gasteiger partial charge in [-0.25, -0.2) is 0 Å². The van der Waals surface area contributed by atoms with Crippen molar-refractivity contribution in [2.24, 2.45) is 5.92 Å². The molecule has 116 valence electrons. The number of amides is 1. The standard InChI is InChI=1S/C16H20N4O2/c1-11-4-3-8-17-15(11)16(21)20-9-7-13(10-20)5-6-14-18-12(2)22-19-14/h3-4,8,13H,5-7,9-10H2,1-2H3. The van der Waals surface area contributed by atoms with Crippen LogP contribution in [0, 0.1) is 19.8 Å². The summed E-state index contributed by atoms with van der Waals surface area (Å²) in [6, 6.07) is 3.78. The molecule has 0 aliphatic carbocycles. The molecule has 1 fully saturated rings. The minimum Gasteiger partial charge on any atom is -0.340 e. The molecular weight excluding hydrogens is 280 g/mol. The molecule has 1 aliphatic rings. The molecule has 0 radical (unpaired) electrons. The number of pyridine rings is 1. The highest BCUT2D eigenvalue weighted by atomic mass is 16.5. The first-order chi connectivity index (χ1) is 10.6. The van der Waals surface area contributed by atoms with Gasteiger partial charge in [0.1, 0.15) is 5.69 Å². The topological polar surface area (TPSA) is 72.1 Å². The second kappa shape index (κ2) is 6.25. The van der Waals surface area contributed by atoms with E-state index >= 15 is 0 Å². The van der Waals surface area contributed by atoms with Crippen LogP contribution in [0.1, 0.15) is 40.6 Å². The van der Waals surface area contributed by atoms with Crippen molar-refractivity contribution in [2.75, 3.05) is 13.1 Å². The minimum absolute atomic E-state index is 0.0380. The summed E-state index contributed by atoms with van der Waals surface area (Å²) in [6.45, 7) is 5.30. The van der Waals surface area contributed by atoms with E-state index in [9.17, 15) is 4.79 Å². The average Bonchev–Trinajstić information content (AvgIpc) is 3.14. The van der Waals surface area contributed by atoms with Crippen molar-refractivity contribution < 1.29 is 9.32 Å². The van der Waals surface area contributed by atoms with Crippen molar-refractivity contribution in [1.82, 2.24) is 20.0 Å².